The fraction of sp³-hybridized carbons (Fsp3) is 0.0625. The summed E-state index contributed by atoms with van der Waals surface area (Å²) in [5, 5.41) is 9.12. The minimum absolute atomic E-state index is 0.161. The van der Waals surface area contributed by atoms with Crippen molar-refractivity contribution in [3.63, 3.8) is 0 Å². The van der Waals surface area contributed by atoms with E-state index in [1.54, 1.807) is 30.3 Å². The lowest BCUT2D eigenvalue weighted by atomic mass is 10.2. The predicted molar refractivity (Wildman–Crippen MR) is 82.4 cm³/mol. The van der Waals surface area contributed by atoms with Crippen LogP contribution in [0.5, 0.6) is 5.75 Å². The molecule has 0 radical (unpaired) electrons. The second-order valence-corrected chi connectivity index (χ2v) is 6.62. The SMILES string of the molecule is COc1ccc(N2C=C(C#N)S(=O)(=O)c3c(F)cccc32)cc1. The summed E-state index contributed by atoms with van der Waals surface area (Å²) in [7, 11) is -2.63. The summed E-state index contributed by atoms with van der Waals surface area (Å²) in [6.45, 7) is 0. The van der Waals surface area contributed by atoms with Crippen LogP contribution in [0.25, 0.3) is 0 Å². The van der Waals surface area contributed by atoms with Crippen molar-refractivity contribution in [2.45, 2.75) is 4.90 Å². The molecule has 0 bridgehead atoms. The summed E-state index contributed by atoms with van der Waals surface area (Å²) < 4.78 is 43.9. The molecule has 7 heteroatoms. The number of nitriles is 1. The van der Waals surface area contributed by atoms with E-state index < -0.39 is 25.5 Å². The van der Waals surface area contributed by atoms with E-state index in [9.17, 15) is 12.8 Å². The molecule has 116 valence electrons. The first-order chi connectivity index (χ1) is 11.0. The third-order valence-corrected chi connectivity index (χ3v) is 5.19. The van der Waals surface area contributed by atoms with Crippen molar-refractivity contribution in [3.05, 3.63) is 59.4 Å². The smallest absolute Gasteiger partial charge is 0.223 e. The van der Waals surface area contributed by atoms with E-state index in [1.807, 2.05) is 0 Å². The number of allylic oxidation sites excluding steroid dienone is 1. The average molecular weight is 330 g/mol. The molecule has 23 heavy (non-hydrogen) atoms. The van der Waals surface area contributed by atoms with Crippen molar-refractivity contribution < 1.29 is 17.5 Å². The minimum atomic E-state index is -4.16. The summed E-state index contributed by atoms with van der Waals surface area (Å²) >= 11 is 0. The van der Waals surface area contributed by atoms with Crippen molar-refractivity contribution in [2.24, 2.45) is 0 Å². The van der Waals surface area contributed by atoms with Crippen LogP contribution in [0.2, 0.25) is 0 Å². The predicted octanol–water partition coefficient (Wildman–Crippen LogP) is 3.12. The second-order valence-electron chi connectivity index (χ2n) is 4.76. The van der Waals surface area contributed by atoms with E-state index in [4.69, 9.17) is 10.00 Å². The summed E-state index contributed by atoms with van der Waals surface area (Å²) in [4.78, 5) is 0.470. The Morgan fingerprint density at radius 3 is 2.48 bits per heavy atom. The molecule has 0 saturated heterocycles. The van der Waals surface area contributed by atoms with Crippen LogP contribution >= 0.6 is 0 Å². The van der Waals surface area contributed by atoms with Gasteiger partial charge in [-0.05, 0) is 36.4 Å². The van der Waals surface area contributed by atoms with Crippen molar-refractivity contribution in [1.29, 1.82) is 5.26 Å². The van der Waals surface area contributed by atoms with Crippen LogP contribution < -0.4 is 9.64 Å². The molecule has 0 atom stereocenters. The molecule has 2 aromatic carbocycles. The molecule has 0 fully saturated rings. The number of rotatable bonds is 2. The monoisotopic (exact) mass is 330 g/mol. The lowest BCUT2D eigenvalue weighted by molar-refractivity contribution is 0.415. The maximum atomic E-state index is 14.1. The van der Waals surface area contributed by atoms with Gasteiger partial charge in [0, 0.05) is 11.9 Å². The lowest BCUT2D eigenvalue weighted by Crippen LogP contribution is -2.22. The molecule has 1 aliphatic heterocycles. The number of sulfone groups is 1. The fourth-order valence-corrected chi connectivity index (χ4v) is 3.72. The number of ether oxygens (including phenoxy) is 1. The zero-order valence-electron chi connectivity index (χ0n) is 12.0. The number of methoxy groups -OCH3 is 1. The van der Waals surface area contributed by atoms with Crippen molar-refractivity contribution in [3.8, 4) is 11.8 Å². The Hall–Kier alpha value is -2.85. The Kier molecular flexibility index (Phi) is 3.54. The van der Waals surface area contributed by atoms with Crippen molar-refractivity contribution in [2.75, 3.05) is 12.0 Å². The molecule has 2 aromatic rings. The number of benzene rings is 2. The summed E-state index contributed by atoms with van der Waals surface area (Å²) in [5.41, 5.74) is 0.745. The molecule has 0 N–H and O–H groups in total. The number of hydrogen-bond acceptors (Lipinski definition) is 5. The number of anilines is 2. The highest BCUT2D eigenvalue weighted by atomic mass is 32.2. The maximum Gasteiger partial charge on any atom is 0.223 e. The van der Waals surface area contributed by atoms with E-state index in [2.05, 4.69) is 0 Å². The van der Waals surface area contributed by atoms with Gasteiger partial charge in [0.05, 0.1) is 12.8 Å². The van der Waals surface area contributed by atoms with Gasteiger partial charge in [-0.3, -0.25) is 0 Å². The van der Waals surface area contributed by atoms with Gasteiger partial charge in [0.1, 0.15) is 22.5 Å². The van der Waals surface area contributed by atoms with Crippen LogP contribution in [-0.4, -0.2) is 15.5 Å². The van der Waals surface area contributed by atoms with Crippen LogP contribution in [0, 0.1) is 17.1 Å². The first-order valence-corrected chi connectivity index (χ1v) is 8.06. The molecule has 1 aliphatic rings. The van der Waals surface area contributed by atoms with Gasteiger partial charge < -0.3 is 9.64 Å². The molecule has 0 saturated carbocycles. The first-order valence-electron chi connectivity index (χ1n) is 6.58. The van der Waals surface area contributed by atoms with E-state index in [1.165, 1.54) is 30.3 Å². The molecular weight excluding hydrogens is 319 g/mol. The molecule has 0 spiro atoms. The van der Waals surface area contributed by atoms with Gasteiger partial charge >= 0.3 is 0 Å². The standard InChI is InChI=1S/C16H11FN2O3S/c1-22-12-7-5-11(6-8-12)19-10-13(9-18)23(20,21)16-14(17)3-2-4-15(16)19/h2-8,10H,1H3. The van der Waals surface area contributed by atoms with E-state index in [0.717, 1.165) is 6.07 Å². The normalized spacial score (nSPS) is 15.3. The van der Waals surface area contributed by atoms with Gasteiger partial charge in [0.15, 0.2) is 4.91 Å². The van der Waals surface area contributed by atoms with Crippen LogP contribution in [0.15, 0.2) is 58.5 Å². The number of halogens is 1. The Morgan fingerprint density at radius 1 is 1.17 bits per heavy atom. The molecule has 5 nitrogen and oxygen atoms in total. The quantitative estimate of drug-likeness (QED) is 0.846. The zero-order chi connectivity index (χ0) is 16.6. The van der Waals surface area contributed by atoms with Crippen LogP contribution in [-0.2, 0) is 9.84 Å². The summed E-state index contributed by atoms with van der Waals surface area (Å²) in [5.74, 6) is -0.260. The Bertz CT molecular complexity index is 944. The van der Waals surface area contributed by atoms with Gasteiger partial charge in [-0.25, -0.2) is 12.8 Å². The molecule has 1 heterocycles. The van der Waals surface area contributed by atoms with Gasteiger partial charge in [0.25, 0.3) is 0 Å². The van der Waals surface area contributed by atoms with Gasteiger partial charge in [0.2, 0.25) is 9.84 Å². The summed E-state index contributed by atoms with van der Waals surface area (Å²) in [6, 6.07) is 12.4. The topological polar surface area (TPSA) is 70.4 Å². The minimum Gasteiger partial charge on any atom is -0.497 e. The van der Waals surface area contributed by atoms with Gasteiger partial charge in [-0.1, -0.05) is 6.07 Å². The third-order valence-electron chi connectivity index (χ3n) is 3.47. The first kappa shape index (κ1) is 15.1. The highest BCUT2D eigenvalue weighted by Crippen LogP contribution is 2.40. The summed E-state index contributed by atoms with van der Waals surface area (Å²) in [6.07, 6.45) is 1.19. The lowest BCUT2D eigenvalue weighted by Gasteiger charge is -2.27. The van der Waals surface area contributed by atoms with Crippen molar-refractivity contribution in [1.82, 2.24) is 0 Å². The molecule has 3 rings (SSSR count). The molecule has 0 aromatic heterocycles. The van der Waals surface area contributed by atoms with Gasteiger partial charge in [-0.2, -0.15) is 5.26 Å². The molecule has 0 amide bonds. The average Bonchev–Trinajstić information content (AvgIpc) is 2.55. The maximum absolute atomic E-state index is 14.1. The zero-order valence-corrected chi connectivity index (χ0v) is 12.8. The molecule has 0 aliphatic carbocycles. The second kappa shape index (κ2) is 5.41. The van der Waals surface area contributed by atoms with Crippen molar-refractivity contribution >= 4 is 21.2 Å². The van der Waals surface area contributed by atoms with E-state index in [-0.39, 0.29) is 5.69 Å². The Balaban J connectivity index is 2.25. The highest BCUT2D eigenvalue weighted by Gasteiger charge is 2.34. The Labute approximate surface area is 132 Å². The van der Waals surface area contributed by atoms with Gasteiger partial charge in [-0.15, -0.1) is 0 Å². The Morgan fingerprint density at radius 2 is 1.87 bits per heavy atom. The third kappa shape index (κ3) is 2.33. The number of hydrogen-bond donors (Lipinski definition) is 0. The van der Waals surface area contributed by atoms with Crippen LogP contribution in [0.1, 0.15) is 0 Å². The molecular formula is C16H11FN2O3S. The fourth-order valence-electron chi connectivity index (χ4n) is 2.36. The largest absolute Gasteiger partial charge is 0.497 e. The van der Waals surface area contributed by atoms with E-state index in [0.29, 0.717) is 11.4 Å². The van der Waals surface area contributed by atoms with Crippen LogP contribution in [0.4, 0.5) is 15.8 Å². The van der Waals surface area contributed by atoms with Crippen LogP contribution in [0.3, 0.4) is 0 Å². The number of fused-ring (bicyclic) bond motifs is 1. The van der Waals surface area contributed by atoms with E-state index >= 15 is 0 Å². The highest BCUT2D eigenvalue weighted by molar-refractivity contribution is 7.95. The molecule has 0 unspecified atom stereocenters. The number of nitrogens with zero attached hydrogens (tertiary/aromatic N) is 2.